The van der Waals surface area contributed by atoms with Gasteiger partial charge in [-0.3, -0.25) is 0 Å². The van der Waals surface area contributed by atoms with Crippen LogP contribution in [0.15, 0.2) is 206 Å². The van der Waals surface area contributed by atoms with Crippen LogP contribution in [-0.2, 0) is 26.5 Å². The maximum Gasteiger partial charge on any atom is 0.137 e. The third kappa shape index (κ3) is 7.26. The maximum absolute atomic E-state index is 6.92. The van der Waals surface area contributed by atoms with Crippen LogP contribution in [0.3, 0.4) is 0 Å². The topological polar surface area (TPSA) is 38.5 Å². The molecule has 12 aromatic rings. The number of fused-ring (bicyclic) bond motifs is 8. The predicted octanol–water partition coefficient (Wildman–Crippen LogP) is 16.2. The second-order valence-electron chi connectivity index (χ2n) is 18.6. The summed E-state index contributed by atoms with van der Waals surface area (Å²) in [5.74, 6) is 1.99. The Morgan fingerprint density at radius 3 is 1.86 bits per heavy atom. The van der Waals surface area contributed by atoms with Gasteiger partial charge in [0.05, 0.1) is 11.0 Å². The molecule has 4 heterocycles. The van der Waals surface area contributed by atoms with Crippen LogP contribution in [-0.4, -0.2) is 14.1 Å². The number of para-hydroxylation sites is 4. The van der Waals surface area contributed by atoms with Crippen LogP contribution in [0.2, 0.25) is 0 Å². The molecule has 0 bridgehead atoms. The van der Waals surface area contributed by atoms with E-state index < -0.39 is 0 Å². The van der Waals surface area contributed by atoms with Crippen molar-refractivity contribution in [3.63, 3.8) is 0 Å². The first-order valence-corrected chi connectivity index (χ1v) is 23.1. The Hall–Kier alpha value is -7.92. The molecule has 1 aliphatic heterocycles. The molecular weight excluding hydrogens is 1030 g/mol. The van der Waals surface area contributed by atoms with Gasteiger partial charge in [0.25, 0.3) is 0 Å². The van der Waals surface area contributed by atoms with E-state index in [1.165, 1.54) is 10.8 Å². The fourth-order valence-corrected chi connectivity index (χ4v) is 9.96. The van der Waals surface area contributed by atoms with E-state index in [4.69, 9.17) is 9.72 Å². The Bertz CT molecular complexity index is 3910. The van der Waals surface area contributed by atoms with E-state index in [0.717, 1.165) is 94.6 Å². The summed E-state index contributed by atoms with van der Waals surface area (Å²) in [6, 6.07) is 78.2. The van der Waals surface area contributed by atoms with Crippen molar-refractivity contribution in [1.29, 1.82) is 0 Å². The van der Waals surface area contributed by atoms with Gasteiger partial charge in [0, 0.05) is 83.9 Å². The number of aromatic nitrogens is 3. The number of hydrogen-bond acceptors (Lipinski definition) is 4. The molecule has 0 spiro atoms. The summed E-state index contributed by atoms with van der Waals surface area (Å²) in [5, 5.41) is 6.81. The smallest absolute Gasteiger partial charge is 0.137 e. The van der Waals surface area contributed by atoms with Crippen molar-refractivity contribution in [1.82, 2.24) is 14.1 Å². The number of rotatable bonds is 7. The first kappa shape index (κ1) is 42.4. The largest absolute Gasteiger partial charge is 0.509 e. The monoisotopic (exact) mass is 1070 g/mol. The third-order valence-corrected chi connectivity index (χ3v) is 13.3. The van der Waals surface area contributed by atoms with Crippen LogP contribution in [0.5, 0.6) is 11.5 Å². The van der Waals surface area contributed by atoms with Crippen LogP contribution in [0.4, 0.5) is 22.7 Å². The quantitative estimate of drug-likeness (QED) is 0.149. The van der Waals surface area contributed by atoms with E-state index in [2.05, 4.69) is 247 Å². The second-order valence-corrected chi connectivity index (χ2v) is 18.6. The van der Waals surface area contributed by atoms with E-state index in [-0.39, 0.29) is 26.5 Å². The molecule has 9 aromatic carbocycles. The van der Waals surface area contributed by atoms with Gasteiger partial charge in [-0.1, -0.05) is 142 Å². The first-order valence-electron chi connectivity index (χ1n) is 23.1. The predicted molar refractivity (Wildman–Crippen MR) is 280 cm³/mol. The average Bonchev–Trinajstić information content (AvgIpc) is 4.03. The summed E-state index contributed by atoms with van der Waals surface area (Å²) in [6.45, 7) is 8.85. The van der Waals surface area contributed by atoms with Crippen molar-refractivity contribution in [3.8, 4) is 34.1 Å². The van der Waals surface area contributed by atoms with Gasteiger partial charge in [-0.2, -0.15) is 6.07 Å². The minimum atomic E-state index is -0.171. The molecule has 3 aromatic heterocycles. The van der Waals surface area contributed by atoms with Crippen molar-refractivity contribution in [2.45, 2.75) is 26.2 Å². The molecule has 0 unspecified atom stereocenters. The van der Waals surface area contributed by atoms with Crippen molar-refractivity contribution < 1.29 is 25.8 Å². The normalized spacial score (nSPS) is 12.6. The summed E-state index contributed by atoms with van der Waals surface area (Å²) in [4.78, 5) is 9.72. The summed E-state index contributed by atoms with van der Waals surface area (Å²) < 4.78 is 11.5. The van der Waals surface area contributed by atoms with Gasteiger partial charge in [-0.15, -0.1) is 53.6 Å². The summed E-state index contributed by atoms with van der Waals surface area (Å²) >= 11 is 0. The second kappa shape index (κ2) is 16.7. The van der Waals surface area contributed by atoms with Gasteiger partial charge >= 0.3 is 0 Å². The maximum atomic E-state index is 6.92. The molecule has 0 aliphatic carbocycles. The van der Waals surface area contributed by atoms with Crippen LogP contribution in [0.1, 0.15) is 26.3 Å². The Balaban J connectivity index is 0.00000492. The number of anilines is 4. The number of benzene rings is 9. The van der Waals surface area contributed by atoms with Crippen LogP contribution < -0.4 is 14.5 Å². The first-order chi connectivity index (χ1) is 33.3. The Labute approximate surface area is 415 Å². The van der Waals surface area contributed by atoms with Crippen molar-refractivity contribution >= 4 is 77.1 Å². The Morgan fingerprint density at radius 2 is 1.12 bits per heavy atom. The van der Waals surface area contributed by atoms with Crippen LogP contribution in [0, 0.1) is 18.8 Å². The molecule has 0 amide bonds. The van der Waals surface area contributed by atoms with Crippen molar-refractivity contribution in [3.05, 3.63) is 231 Å². The summed E-state index contributed by atoms with van der Waals surface area (Å²) in [5.41, 5.74) is 12.6. The molecule has 0 radical (unpaired) electrons. The fraction of sp³-hybridized carbons (Fsp3) is 0.0645. The van der Waals surface area contributed by atoms with E-state index >= 15 is 0 Å². The van der Waals surface area contributed by atoms with Crippen molar-refractivity contribution in [2.75, 3.05) is 9.80 Å². The molecule has 1 aliphatic rings. The number of ether oxygens (including phenoxy) is 1. The molecule has 6 nitrogen and oxygen atoms in total. The third-order valence-electron chi connectivity index (χ3n) is 13.3. The minimum absolute atomic E-state index is 0. The SMILES string of the molecule is CC(C)(C)c1cc(Oc2[c-]c3c(cc2)c2cc(-c4ccccc4)ccc2n3-c2cc3c(cn2)c2cc4ccccc4cc2n3-c2ccccc2)[c-]c(N2[CH-]N(c3ccccc3)c3ccccc32)c1.[Pt]. The zero-order valence-electron chi connectivity index (χ0n) is 38.2. The standard InChI is InChI=1S/C62H44N5O.Pt/c1-62(2,3)45-34-48(65-40-64(46-21-9-5-10-22-46)56-25-15-16-26-57(56)65)36-50(35-45)68-49-28-29-51-52-32-44(41-17-7-4-8-18-41)27-30-55(52)67(59(51)37-49)61-38-60-54(39-63-61)53-31-42-19-13-14-20-43(42)33-58(53)66(60)47-23-11-6-12-24-47;/h4-35,38-40H,1-3H3;/q-3;. The Morgan fingerprint density at radius 1 is 0.478 bits per heavy atom. The molecule has 0 saturated carbocycles. The van der Waals surface area contributed by atoms with Gasteiger partial charge in [0.1, 0.15) is 5.82 Å². The van der Waals surface area contributed by atoms with Crippen molar-refractivity contribution in [2.24, 2.45) is 0 Å². The van der Waals surface area contributed by atoms with Gasteiger partial charge in [0.2, 0.25) is 0 Å². The molecule has 69 heavy (non-hydrogen) atoms. The van der Waals surface area contributed by atoms with E-state index in [1.807, 2.05) is 18.3 Å². The van der Waals surface area contributed by atoms with E-state index in [0.29, 0.717) is 11.5 Å². The molecule has 0 fully saturated rings. The molecule has 0 N–H and O–H groups in total. The van der Waals surface area contributed by atoms with Gasteiger partial charge in [-0.05, 0) is 87.3 Å². The zero-order valence-corrected chi connectivity index (χ0v) is 40.4. The number of hydrogen-bond donors (Lipinski definition) is 0. The molecule has 336 valence electrons. The van der Waals surface area contributed by atoms with Gasteiger partial charge < -0.3 is 23.7 Å². The zero-order chi connectivity index (χ0) is 45.5. The average molecular weight is 1070 g/mol. The summed E-state index contributed by atoms with van der Waals surface area (Å²) in [7, 11) is 0. The van der Waals surface area contributed by atoms with E-state index in [9.17, 15) is 0 Å². The fourth-order valence-electron chi connectivity index (χ4n) is 9.96. The number of nitrogens with zero attached hydrogens (tertiary/aromatic N) is 5. The molecule has 7 heteroatoms. The van der Waals surface area contributed by atoms with Crippen LogP contribution in [0.25, 0.3) is 77.0 Å². The van der Waals surface area contributed by atoms with Gasteiger partial charge in [0.15, 0.2) is 0 Å². The number of pyridine rings is 1. The van der Waals surface area contributed by atoms with Gasteiger partial charge in [-0.25, -0.2) is 4.98 Å². The van der Waals surface area contributed by atoms with Crippen LogP contribution >= 0.6 is 0 Å². The minimum Gasteiger partial charge on any atom is -0.509 e. The Kier molecular flexibility index (Phi) is 10.3. The molecule has 13 rings (SSSR count). The molecule has 0 saturated heterocycles. The summed E-state index contributed by atoms with van der Waals surface area (Å²) in [6.07, 6.45) is 2.04. The molecular formula is C62H44N5OPt-3. The van der Waals surface area contributed by atoms with E-state index in [1.54, 1.807) is 0 Å². The molecule has 0 atom stereocenters.